The zero-order chi connectivity index (χ0) is 15.1. The number of carbonyl (C=O) groups excluding carboxylic acids is 2. The maximum Gasteiger partial charge on any atom is 0.326 e. The molecule has 0 saturated carbocycles. The molecule has 0 fully saturated rings. The highest BCUT2D eigenvalue weighted by atomic mass is 32.2. The molecule has 2 amide bonds. The SMILES string of the molecule is CC(=O)NCCC(=O)NC(CCS(C)(=O)=O)C(=O)O. The van der Waals surface area contributed by atoms with Crippen molar-refractivity contribution in [2.75, 3.05) is 18.6 Å². The van der Waals surface area contributed by atoms with E-state index in [0.29, 0.717) is 0 Å². The monoisotopic (exact) mass is 294 g/mol. The third-order valence-corrected chi connectivity index (χ3v) is 3.11. The number of carboxylic acids is 1. The molecule has 1 unspecified atom stereocenters. The summed E-state index contributed by atoms with van der Waals surface area (Å²) in [6.07, 6.45) is 0.729. The molecule has 9 heteroatoms. The van der Waals surface area contributed by atoms with Crippen LogP contribution in [0.1, 0.15) is 19.8 Å². The third-order valence-electron chi connectivity index (χ3n) is 2.14. The van der Waals surface area contributed by atoms with Gasteiger partial charge in [0.1, 0.15) is 15.9 Å². The smallest absolute Gasteiger partial charge is 0.326 e. The lowest BCUT2D eigenvalue weighted by atomic mass is 10.2. The van der Waals surface area contributed by atoms with Gasteiger partial charge in [-0.1, -0.05) is 0 Å². The van der Waals surface area contributed by atoms with Gasteiger partial charge in [0.15, 0.2) is 0 Å². The number of rotatable bonds is 8. The molecule has 0 heterocycles. The molecular weight excluding hydrogens is 276 g/mol. The Morgan fingerprint density at radius 3 is 2.26 bits per heavy atom. The Hall–Kier alpha value is -1.64. The molecule has 0 aromatic heterocycles. The summed E-state index contributed by atoms with van der Waals surface area (Å²) < 4.78 is 21.9. The van der Waals surface area contributed by atoms with Crippen LogP contribution in [0.15, 0.2) is 0 Å². The minimum atomic E-state index is -3.29. The van der Waals surface area contributed by atoms with E-state index in [0.717, 1.165) is 6.26 Å². The predicted octanol–water partition coefficient (Wildman–Crippen LogP) is -1.48. The summed E-state index contributed by atoms with van der Waals surface area (Å²) in [5.74, 6) is -2.47. The van der Waals surface area contributed by atoms with E-state index in [1.807, 2.05) is 0 Å². The molecule has 0 bridgehead atoms. The fourth-order valence-electron chi connectivity index (χ4n) is 1.21. The van der Waals surface area contributed by atoms with Crippen LogP contribution >= 0.6 is 0 Å². The van der Waals surface area contributed by atoms with Crippen LogP contribution in [0.3, 0.4) is 0 Å². The van der Waals surface area contributed by atoms with Crippen molar-refractivity contribution in [1.82, 2.24) is 10.6 Å². The van der Waals surface area contributed by atoms with Crippen molar-refractivity contribution in [3.63, 3.8) is 0 Å². The summed E-state index contributed by atoms with van der Waals surface area (Å²) in [6.45, 7) is 1.39. The van der Waals surface area contributed by atoms with Gasteiger partial charge in [-0.3, -0.25) is 9.59 Å². The van der Waals surface area contributed by atoms with Crippen LogP contribution in [0.2, 0.25) is 0 Å². The summed E-state index contributed by atoms with van der Waals surface area (Å²) in [6, 6.07) is -1.25. The van der Waals surface area contributed by atoms with Gasteiger partial charge in [-0.05, 0) is 6.42 Å². The number of hydrogen-bond acceptors (Lipinski definition) is 5. The van der Waals surface area contributed by atoms with Crippen LogP contribution in [0, 0.1) is 0 Å². The minimum Gasteiger partial charge on any atom is -0.480 e. The number of carbonyl (C=O) groups is 3. The number of nitrogens with one attached hydrogen (secondary N) is 2. The van der Waals surface area contributed by atoms with Crippen LogP contribution in [0.4, 0.5) is 0 Å². The zero-order valence-electron chi connectivity index (χ0n) is 10.8. The van der Waals surface area contributed by atoms with Crippen LogP contribution in [0.25, 0.3) is 0 Å². The first-order valence-electron chi connectivity index (χ1n) is 5.56. The molecular formula is C10H18N2O6S. The fraction of sp³-hybridized carbons (Fsp3) is 0.700. The number of carboxylic acid groups (broad SMARTS) is 1. The number of amides is 2. The van der Waals surface area contributed by atoms with Gasteiger partial charge >= 0.3 is 5.97 Å². The van der Waals surface area contributed by atoms with Crippen molar-refractivity contribution in [3.8, 4) is 0 Å². The summed E-state index contributed by atoms with van der Waals surface area (Å²) in [4.78, 5) is 32.8. The van der Waals surface area contributed by atoms with E-state index >= 15 is 0 Å². The first kappa shape index (κ1) is 17.4. The summed E-state index contributed by atoms with van der Waals surface area (Å²) in [7, 11) is -3.29. The maximum atomic E-state index is 11.4. The second-order valence-corrected chi connectivity index (χ2v) is 6.37. The van der Waals surface area contributed by atoms with Gasteiger partial charge in [-0.15, -0.1) is 0 Å². The van der Waals surface area contributed by atoms with Crippen molar-refractivity contribution < 1.29 is 27.9 Å². The lowest BCUT2D eigenvalue weighted by molar-refractivity contribution is -0.141. The molecule has 0 radical (unpaired) electrons. The maximum absolute atomic E-state index is 11.4. The van der Waals surface area contributed by atoms with E-state index in [1.165, 1.54) is 6.92 Å². The van der Waals surface area contributed by atoms with Crippen LogP contribution < -0.4 is 10.6 Å². The van der Waals surface area contributed by atoms with Crippen molar-refractivity contribution in [2.45, 2.75) is 25.8 Å². The van der Waals surface area contributed by atoms with Gasteiger partial charge in [0, 0.05) is 26.1 Å². The first-order valence-corrected chi connectivity index (χ1v) is 7.62. The second-order valence-electron chi connectivity index (χ2n) is 4.11. The molecule has 8 nitrogen and oxygen atoms in total. The van der Waals surface area contributed by atoms with Gasteiger partial charge in [0.2, 0.25) is 11.8 Å². The van der Waals surface area contributed by atoms with E-state index in [9.17, 15) is 22.8 Å². The topological polar surface area (TPSA) is 130 Å². The molecule has 0 aliphatic rings. The quantitative estimate of drug-likeness (QED) is 0.500. The lowest BCUT2D eigenvalue weighted by Gasteiger charge is -2.14. The second kappa shape index (κ2) is 7.72. The van der Waals surface area contributed by atoms with E-state index in [1.54, 1.807) is 0 Å². The standard InChI is InChI=1S/C10H18N2O6S/c1-7(13)11-5-3-9(14)12-8(10(15)16)4-6-19(2,17)18/h8H,3-6H2,1-2H3,(H,11,13)(H,12,14)(H,15,16). The van der Waals surface area contributed by atoms with E-state index in [2.05, 4.69) is 10.6 Å². The number of hydrogen-bond donors (Lipinski definition) is 3. The Bertz CT molecular complexity index is 445. The summed E-state index contributed by atoms with van der Waals surface area (Å²) in [5, 5.41) is 13.5. The summed E-state index contributed by atoms with van der Waals surface area (Å²) >= 11 is 0. The molecule has 19 heavy (non-hydrogen) atoms. The lowest BCUT2D eigenvalue weighted by Crippen LogP contribution is -2.42. The first-order chi connectivity index (χ1) is 8.61. The average Bonchev–Trinajstić information content (AvgIpc) is 2.21. The Morgan fingerprint density at radius 1 is 1.26 bits per heavy atom. The van der Waals surface area contributed by atoms with Crippen LogP contribution in [0.5, 0.6) is 0 Å². The minimum absolute atomic E-state index is 0.0672. The Balaban J connectivity index is 4.23. The van der Waals surface area contributed by atoms with Crippen LogP contribution in [-0.2, 0) is 24.2 Å². The molecule has 0 aliphatic carbocycles. The molecule has 0 rings (SSSR count). The van der Waals surface area contributed by atoms with Crippen LogP contribution in [-0.4, -0.2) is 55.9 Å². The Kier molecular flexibility index (Phi) is 7.05. The van der Waals surface area contributed by atoms with Crippen molar-refractivity contribution in [1.29, 1.82) is 0 Å². The highest BCUT2D eigenvalue weighted by Gasteiger charge is 2.21. The number of sulfone groups is 1. The van der Waals surface area contributed by atoms with Crippen molar-refractivity contribution >= 4 is 27.6 Å². The van der Waals surface area contributed by atoms with Crippen molar-refractivity contribution in [2.24, 2.45) is 0 Å². The predicted molar refractivity (Wildman–Crippen MR) is 67.2 cm³/mol. The molecule has 0 aliphatic heterocycles. The Morgan fingerprint density at radius 2 is 1.84 bits per heavy atom. The molecule has 110 valence electrons. The molecule has 0 aromatic carbocycles. The van der Waals surface area contributed by atoms with Gasteiger partial charge in [0.25, 0.3) is 0 Å². The van der Waals surface area contributed by atoms with Gasteiger partial charge in [0.05, 0.1) is 5.75 Å². The van der Waals surface area contributed by atoms with E-state index < -0.39 is 27.8 Å². The number of aliphatic carboxylic acids is 1. The highest BCUT2D eigenvalue weighted by molar-refractivity contribution is 7.90. The molecule has 0 saturated heterocycles. The Labute approximate surface area is 111 Å². The molecule has 1 atom stereocenters. The van der Waals surface area contributed by atoms with Gasteiger partial charge in [-0.25, -0.2) is 13.2 Å². The normalized spacial score (nSPS) is 12.5. The molecule has 0 aromatic rings. The average molecular weight is 294 g/mol. The van der Waals surface area contributed by atoms with E-state index in [4.69, 9.17) is 5.11 Å². The largest absolute Gasteiger partial charge is 0.480 e. The van der Waals surface area contributed by atoms with E-state index in [-0.39, 0.29) is 31.0 Å². The molecule has 0 spiro atoms. The van der Waals surface area contributed by atoms with Gasteiger partial charge in [-0.2, -0.15) is 0 Å². The highest BCUT2D eigenvalue weighted by Crippen LogP contribution is 1.97. The van der Waals surface area contributed by atoms with Crippen molar-refractivity contribution in [3.05, 3.63) is 0 Å². The third kappa shape index (κ3) is 10.0. The fourth-order valence-corrected chi connectivity index (χ4v) is 1.87. The zero-order valence-corrected chi connectivity index (χ0v) is 11.6. The summed E-state index contributed by atoms with van der Waals surface area (Å²) in [5.41, 5.74) is 0. The molecule has 3 N–H and O–H groups in total. The van der Waals surface area contributed by atoms with Gasteiger partial charge < -0.3 is 15.7 Å².